The fourth-order valence-electron chi connectivity index (χ4n) is 3.45. The molecule has 0 bridgehead atoms. The maximum absolute atomic E-state index is 12.6. The third kappa shape index (κ3) is 2.77. The molecule has 0 unspecified atom stereocenters. The highest BCUT2D eigenvalue weighted by Gasteiger charge is 2.23. The summed E-state index contributed by atoms with van der Waals surface area (Å²) in [5.74, 6) is 0.320. The zero-order valence-electron chi connectivity index (χ0n) is 13.4. The highest BCUT2D eigenvalue weighted by atomic mass is 16.1. The predicted molar refractivity (Wildman–Crippen MR) is 88.6 cm³/mol. The first kappa shape index (κ1) is 14.9. The van der Waals surface area contributed by atoms with Crippen LogP contribution >= 0.6 is 0 Å². The van der Waals surface area contributed by atoms with Gasteiger partial charge in [0.2, 0.25) is 0 Å². The number of carbonyl (C=O) groups excluding carboxylic acids is 1. The summed E-state index contributed by atoms with van der Waals surface area (Å²) in [6.45, 7) is 0.397. The van der Waals surface area contributed by atoms with Crippen molar-refractivity contribution in [2.24, 2.45) is 0 Å². The molecule has 1 aliphatic carbocycles. The molecule has 4 rings (SSSR count). The smallest absolute Gasteiger partial charge is 0.255 e. The van der Waals surface area contributed by atoms with Gasteiger partial charge in [0.1, 0.15) is 0 Å². The van der Waals surface area contributed by atoms with E-state index in [1.807, 2.05) is 12.3 Å². The first-order valence-electron chi connectivity index (χ1n) is 8.41. The largest absolute Gasteiger partial charge is 0.348 e. The fraction of sp³-hybridized carbons (Fsp3) is 0.412. The van der Waals surface area contributed by atoms with Crippen molar-refractivity contribution >= 4 is 11.6 Å². The van der Waals surface area contributed by atoms with E-state index in [2.05, 4.69) is 25.6 Å². The summed E-state index contributed by atoms with van der Waals surface area (Å²) in [5, 5.41) is 14.3. The molecule has 1 saturated carbocycles. The average molecular weight is 324 g/mol. The van der Waals surface area contributed by atoms with Crippen LogP contribution in [0.2, 0.25) is 0 Å². The topological polar surface area (TPSA) is 88.0 Å². The van der Waals surface area contributed by atoms with Gasteiger partial charge in [0.25, 0.3) is 5.91 Å². The number of nitrogens with zero attached hydrogens (tertiary/aromatic N) is 4. The summed E-state index contributed by atoms with van der Waals surface area (Å²) >= 11 is 0. The minimum Gasteiger partial charge on any atom is -0.348 e. The molecule has 1 aliphatic rings. The summed E-state index contributed by atoms with van der Waals surface area (Å²) in [6.07, 6.45) is 12.9. The van der Waals surface area contributed by atoms with Crippen LogP contribution < -0.4 is 5.32 Å². The van der Waals surface area contributed by atoms with Crippen LogP contribution in [0.1, 0.15) is 59.6 Å². The van der Waals surface area contributed by atoms with E-state index >= 15 is 0 Å². The van der Waals surface area contributed by atoms with E-state index in [4.69, 9.17) is 0 Å². The Bertz CT molecular complexity index is 846. The Hall–Kier alpha value is -2.70. The molecule has 3 heterocycles. The molecular weight excluding hydrogens is 304 g/mol. The number of H-pyrrole nitrogens is 1. The Balaban J connectivity index is 1.48. The lowest BCUT2D eigenvalue weighted by Crippen LogP contribution is -2.24. The second kappa shape index (κ2) is 6.43. The number of fused-ring (bicyclic) bond motifs is 1. The average Bonchev–Trinajstić information content (AvgIpc) is 3.28. The number of aromatic amines is 1. The van der Waals surface area contributed by atoms with Gasteiger partial charge in [0.15, 0.2) is 5.65 Å². The summed E-state index contributed by atoms with van der Waals surface area (Å²) in [5.41, 5.74) is 3.29. The second-order valence-electron chi connectivity index (χ2n) is 6.27. The van der Waals surface area contributed by atoms with Crippen molar-refractivity contribution in [1.82, 2.24) is 30.1 Å². The summed E-state index contributed by atoms with van der Waals surface area (Å²) in [7, 11) is 0. The molecule has 7 nitrogen and oxygen atoms in total. The minimum absolute atomic E-state index is 0.0976. The molecule has 3 aromatic rings. The van der Waals surface area contributed by atoms with Gasteiger partial charge in [-0.25, -0.2) is 9.50 Å². The minimum atomic E-state index is -0.0976. The van der Waals surface area contributed by atoms with E-state index < -0.39 is 0 Å². The van der Waals surface area contributed by atoms with E-state index in [1.54, 1.807) is 23.1 Å². The van der Waals surface area contributed by atoms with Crippen LogP contribution in [0.3, 0.4) is 0 Å². The Kier molecular flexibility index (Phi) is 3.98. The number of amides is 1. The molecule has 0 aromatic carbocycles. The number of hydrogen-bond acceptors (Lipinski definition) is 4. The number of rotatable bonds is 4. The molecule has 1 amide bonds. The molecule has 0 atom stereocenters. The molecule has 0 radical (unpaired) electrons. The van der Waals surface area contributed by atoms with E-state index in [0.29, 0.717) is 18.0 Å². The van der Waals surface area contributed by atoms with Crippen molar-refractivity contribution in [2.75, 3.05) is 0 Å². The lowest BCUT2D eigenvalue weighted by Gasteiger charge is -2.21. The van der Waals surface area contributed by atoms with Crippen LogP contribution in [-0.2, 0) is 6.54 Å². The van der Waals surface area contributed by atoms with Crippen LogP contribution in [0.5, 0.6) is 0 Å². The first-order chi connectivity index (χ1) is 11.8. The van der Waals surface area contributed by atoms with E-state index in [0.717, 1.165) is 29.7 Å². The standard InChI is InChI=1S/C17H20N6O/c24-17(14-11-20-22-15(14)12-5-2-1-3-6-12)19-9-13-10-21-23-8-4-7-18-16(13)23/h4,7-8,10-12H,1-3,5-6,9H2,(H,19,24)(H,20,22). The molecule has 1 fully saturated rings. The molecular formula is C17H20N6O. The van der Waals surface area contributed by atoms with Crippen molar-refractivity contribution in [1.29, 1.82) is 0 Å². The molecule has 3 aromatic heterocycles. The molecule has 2 N–H and O–H groups in total. The van der Waals surface area contributed by atoms with Gasteiger partial charge in [0, 0.05) is 30.4 Å². The molecule has 0 spiro atoms. The van der Waals surface area contributed by atoms with Gasteiger partial charge < -0.3 is 5.32 Å². The van der Waals surface area contributed by atoms with Gasteiger partial charge in [-0.15, -0.1) is 0 Å². The molecule has 0 aliphatic heterocycles. The predicted octanol–water partition coefficient (Wildman–Crippen LogP) is 2.43. The number of carbonyl (C=O) groups is 1. The van der Waals surface area contributed by atoms with Crippen LogP contribution in [0.25, 0.3) is 5.65 Å². The summed E-state index contributed by atoms with van der Waals surface area (Å²) in [6, 6.07) is 1.82. The Morgan fingerprint density at radius 2 is 2.17 bits per heavy atom. The maximum Gasteiger partial charge on any atom is 0.255 e. The van der Waals surface area contributed by atoms with E-state index in [-0.39, 0.29) is 5.91 Å². The van der Waals surface area contributed by atoms with Crippen molar-refractivity contribution in [3.63, 3.8) is 0 Å². The van der Waals surface area contributed by atoms with Gasteiger partial charge in [0.05, 0.1) is 23.7 Å². The van der Waals surface area contributed by atoms with E-state index in [9.17, 15) is 4.79 Å². The third-order valence-electron chi connectivity index (χ3n) is 4.72. The molecule has 124 valence electrons. The highest BCUT2D eigenvalue weighted by Crippen LogP contribution is 2.33. The van der Waals surface area contributed by atoms with Crippen molar-refractivity contribution in [3.8, 4) is 0 Å². The van der Waals surface area contributed by atoms with Gasteiger partial charge in [-0.3, -0.25) is 9.89 Å². The summed E-state index contributed by atoms with van der Waals surface area (Å²) < 4.78 is 1.70. The highest BCUT2D eigenvalue weighted by molar-refractivity contribution is 5.95. The first-order valence-corrected chi connectivity index (χ1v) is 8.41. The van der Waals surface area contributed by atoms with Crippen LogP contribution in [0.4, 0.5) is 0 Å². The number of hydrogen-bond donors (Lipinski definition) is 2. The van der Waals surface area contributed by atoms with Gasteiger partial charge in [-0.2, -0.15) is 10.2 Å². The SMILES string of the molecule is O=C(NCc1cnn2cccnc12)c1cn[nH]c1C1CCCCC1. The Morgan fingerprint density at radius 3 is 3.04 bits per heavy atom. The molecule has 24 heavy (non-hydrogen) atoms. The zero-order valence-corrected chi connectivity index (χ0v) is 13.4. The fourth-order valence-corrected chi connectivity index (χ4v) is 3.45. The Morgan fingerprint density at radius 1 is 1.29 bits per heavy atom. The summed E-state index contributed by atoms with van der Waals surface area (Å²) in [4.78, 5) is 16.9. The third-order valence-corrected chi connectivity index (χ3v) is 4.72. The van der Waals surface area contributed by atoms with Gasteiger partial charge in [-0.1, -0.05) is 19.3 Å². The van der Waals surface area contributed by atoms with Crippen LogP contribution in [-0.4, -0.2) is 30.7 Å². The number of nitrogens with one attached hydrogen (secondary N) is 2. The zero-order chi connectivity index (χ0) is 16.4. The van der Waals surface area contributed by atoms with Crippen molar-refractivity contribution < 1.29 is 4.79 Å². The molecule has 7 heteroatoms. The molecule has 0 saturated heterocycles. The monoisotopic (exact) mass is 324 g/mol. The van der Waals surface area contributed by atoms with Gasteiger partial charge >= 0.3 is 0 Å². The second-order valence-corrected chi connectivity index (χ2v) is 6.27. The lowest BCUT2D eigenvalue weighted by atomic mass is 9.85. The lowest BCUT2D eigenvalue weighted by molar-refractivity contribution is 0.0949. The normalized spacial score (nSPS) is 15.7. The maximum atomic E-state index is 12.6. The Labute approximate surface area is 139 Å². The quantitative estimate of drug-likeness (QED) is 0.771. The van der Waals surface area contributed by atoms with E-state index in [1.165, 1.54) is 19.3 Å². The number of aromatic nitrogens is 5. The van der Waals surface area contributed by atoms with Gasteiger partial charge in [-0.05, 0) is 18.9 Å². The van der Waals surface area contributed by atoms with Crippen LogP contribution in [0, 0.1) is 0 Å². The van der Waals surface area contributed by atoms with Crippen molar-refractivity contribution in [2.45, 2.75) is 44.6 Å². The van der Waals surface area contributed by atoms with Crippen LogP contribution in [0.15, 0.2) is 30.9 Å². The van der Waals surface area contributed by atoms with Crippen molar-refractivity contribution in [3.05, 3.63) is 47.7 Å².